The molecule has 0 radical (unpaired) electrons. The van der Waals surface area contributed by atoms with Gasteiger partial charge >= 0.3 is 0 Å². The summed E-state index contributed by atoms with van der Waals surface area (Å²) in [5.74, 6) is 2.72. The molecule has 2 aliphatic rings. The normalized spacial score (nSPS) is 20.6. The maximum Gasteiger partial charge on any atom is 0.136 e. The minimum absolute atomic E-state index is 0.150. The molecule has 0 spiro atoms. The smallest absolute Gasteiger partial charge is 0.136 e. The second kappa shape index (κ2) is 6.04. The third-order valence-electron chi connectivity index (χ3n) is 5.41. The third kappa shape index (κ3) is 2.78. The van der Waals surface area contributed by atoms with Gasteiger partial charge in [0.2, 0.25) is 0 Å². The van der Waals surface area contributed by atoms with Crippen LogP contribution >= 0.6 is 0 Å². The van der Waals surface area contributed by atoms with E-state index in [0.29, 0.717) is 5.92 Å². The van der Waals surface area contributed by atoms with Crippen LogP contribution < -0.4 is 0 Å². The van der Waals surface area contributed by atoms with E-state index in [1.165, 1.54) is 18.3 Å². The number of fused-ring (bicyclic) bond motifs is 1. The Morgan fingerprint density at radius 2 is 2.00 bits per heavy atom. The molecule has 23 heavy (non-hydrogen) atoms. The summed E-state index contributed by atoms with van der Waals surface area (Å²) in [6, 6.07) is 7.24. The zero-order valence-corrected chi connectivity index (χ0v) is 13.6. The minimum atomic E-state index is -0.150. The van der Waals surface area contributed by atoms with Gasteiger partial charge in [0.15, 0.2) is 0 Å². The summed E-state index contributed by atoms with van der Waals surface area (Å²) in [5.41, 5.74) is 1.06. The van der Waals surface area contributed by atoms with E-state index in [1.54, 1.807) is 12.1 Å². The molecule has 0 bridgehead atoms. The number of aryl methyl sites for hydroxylation is 1. The number of hydrogen-bond acceptors (Lipinski definition) is 3. The lowest BCUT2D eigenvalue weighted by Crippen LogP contribution is -2.35. The lowest BCUT2D eigenvalue weighted by molar-refractivity contribution is 0.159. The van der Waals surface area contributed by atoms with E-state index in [4.69, 9.17) is 0 Å². The minimum Gasteiger partial charge on any atom is -0.315 e. The molecule has 0 N–H and O–H groups in total. The van der Waals surface area contributed by atoms with Crippen molar-refractivity contribution in [3.8, 4) is 0 Å². The van der Waals surface area contributed by atoms with E-state index in [-0.39, 0.29) is 11.9 Å². The Morgan fingerprint density at radius 1 is 1.17 bits per heavy atom. The Hall–Kier alpha value is -1.75. The molecule has 1 unspecified atom stereocenters. The number of piperidine rings is 1. The van der Waals surface area contributed by atoms with E-state index >= 15 is 0 Å². The SMILES string of the molecule is CC(c1cccc(F)c1)N1CCC(c2nnc3n2CCC3)CC1. The molecule has 2 aromatic rings. The second-order valence-electron chi connectivity index (χ2n) is 6.77. The summed E-state index contributed by atoms with van der Waals surface area (Å²) in [6.07, 6.45) is 4.49. The highest BCUT2D eigenvalue weighted by atomic mass is 19.1. The first kappa shape index (κ1) is 14.8. The first-order chi connectivity index (χ1) is 11.2. The van der Waals surface area contributed by atoms with Gasteiger partial charge in [-0.05, 0) is 57.0 Å². The van der Waals surface area contributed by atoms with Crippen molar-refractivity contribution in [2.45, 2.75) is 51.1 Å². The Morgan fingerprint density at radius 3 is 2.78 bits per heavy atom. The summed E-state index contributed by atoms with van der Waals surface area (Å²) in [6.45, 7) is 5.32. The Kier molecular flexibility index (Phi) is 3.89. The van der Waals surface area contributed by atoms with Crippen molar-refractivity contribution in [3.05, 3.63) is 47.3 Å². The lowest BCUT2D eigenvalue weighted by Gasteiger charge is -2.36. The predicted octanol–water partition coefficient (Wildman–Crippen LogP) is 3.30. The van der Waals surface area contributed by atoms with Gasteiger partial charge in [0, 0.05) is 24.9 Å². The van der Waals surface area contributed by atoms with Crippen molar-refractivity contribution < 1.29 is 4.39 Å². The number of rotatable bonds is 3. The van der Waals surface area contributed by atoms with Crippen LogP contribution in [0.5, 0.6) is 0 Å². The molecule has 1 saturated heterocycles. The van der Waals surface area contributed by atoms with Crippen molar-refractivity contribution in [2.24, 2.45) is 0 Å². The molecule has 0 amide bonds. The Bertz CT molecular complexity index is 688. The van der Waals surface area contributed by atoms with E-state index in [0.717, 1.165) is 50.3 Å². The van der Waals surface area contributed by atoms with Crippen LogP contribution in [0.1, 0.15) is 55.4 Å². The summed E-state index contributed by atoms with van der Waals surface area (Å²) >= 11 is 0. The van der Waals surface area contributed by atoms with Gasteiger partial charge in [-0.3, -0.25) is 4.90 Å². The lowest BCUT2D eigenvalue weighted by atomic mass is 9.94. The molecule has 122 valence electrons. The highest BCUT2D eigenvalue weighted by molar-refractivity contribution is 5.20. The highest BCUT2D eigenvalue weighted by Gasteiger charge is 2.29. The number of benzene rings is 1. The van der Waals surface area contributed by atoms with Gasteiger partial charge in [0.25, 0.3) is 0 Å². The van der Waals surface area contributed by atoms with Gasteiger partial charge in [0.1, 0.15) is 17.5 Å². The molecule has 4 rings (SSSR count). The zero-order valence-electron chi connectivity index (χ0n) is 13.6. The maximum absolute atomic E-state index is 13.4. The van der Waals surface area contributed by atoms with Crippen molar-refractivity contribution in [3.63, 3.8) is 0 Å². The van der Waals surface area contributed by atoms with Crippen LogP contribution in [0.3, 0.4) is 0 Å². The number of hydrogen-bond donors (Lipinski definition) is 0. The van der Waals surface area contributed by atoms with Crippen molar-refractivity contribution in [2.75, 3.05) is 13.1 Å². The highest BCUT2D eigenvalue weighted by Crippen LogP contribution is 2.32. The van der Waals surface area contributed by atoms with Crippen LogP contribution in [0.25, 0.3) is 0 Å². The van der Waals surface area contributed by atoms with Crippen LogP contribution in [0.2, 0.25) is 0 Å². The fourth-order valence-corrected chi connectivity index (χ4v) is 4.00. The van der Waals surface area contributed by atoms with Crippen molar-refractivity contribution in [1.29, 1.82) is 0 Å². The Labute approximate surface area is 136 Å². The number of likely N-dealkylation sites (tertiary alicyclic amines) is 1. The van der Waals surface area contributed by atoms with E-state index in [1.807, 2.05) is 6.07 Å². The molecule has 1 fully saturated rings. The quantitative estimate of drug-likeness (QED) is 0.871. The third-order valence-corrected chi connectivity index (χ3v) is 5.41. The Balaban J connectivity index is 1.42. The average molecular weight is 314 g/mol. The van der Waals surface area contributed by atoms with Crippen LogP contribution in [0.15, 0.2) is 24.3 Å². The zero-order chi connectivity index (χ0) is 15.8. The van der Waals surface area contributed by atoms with Gasteiger partial charge < -0.3 is 4.57 Å². The molecule has 1 atom stereocenters. The van der Waals surface area contributed by atoms with Gasteiger partial charge in [0.05, 0.1) is 0 Å². The van der Waals surface area contributed by atoms with Gasteiger partial charge in [-0.15, -0.1) is 10.2 Å². The average Bonchev–Trinajstić information content (AvgIpc) is 3.18. The fraction of sp³-hybridized carbons (Fsp3) is 0.556. The molecule has 0 aliphatic carbocycles. The largest absolute Gasteiger partial charge is 0.315 e. The van der Waals surface area contributed by atoms with Crippen LogP contribution in [-0.2, 0) is 13.0 Å². The van der Waals surface area contributed by atoms with E-state index in [2.05, 4.69) is 26.6 Å². The second-order valence-corrected chi connectivity index (χ2v) is 6.77. The van der Waals surface area contributed by atoms with E-state index in [9.17, 15) is 4.39 Å². The first-order valence-electron chi connectivity index (χ1n) is 8.64. The van der Waals surface area contributed by atoms with Gasteiger partial charge in [-0.25, -0.2) is 4.39 Å². The molecule has 3 heterocycles. The summed E-state index contributed by atoms with van der Waals surface area (Å²) in [4.78, 5) is 2.45. The van der Waals surface area contributed by atoms with Crippen molar-refractivity contribution >= 4 is 0 Å². The molecular formula is C18H23FN4. The predicted molar refractivity (Wildman–Crippen MR) is 86.7 cm³/mol. The summed E-state index contributed by atoms with van der Waals surface area (Å²) in [5, 5.41) is 8.79. The summed E-state index contributed by atoms with van der Waals surface area (Å²) in [7, 11) is 0. The standard InChI is InChI=1S/C18H23FN4/c1-13(15-4-2-5-16(19)12-15)22-10-7-14(8-11-22)18-21-20-17-6-3-9-23(17)18/h2,4-5,12-14H,3,6-11H2,1H3. The van der Waals surface area contributed by atoms with Gasteiger partial charge in [-0.2, -0.15) is 0 Å². The van der Waals surface area contributed by atoms with Crippen LogP contribution in [-0.4, -0.2) is 32.8 Å². The monoisotopic (exact) mass is 314 g/mol. The number of nitrogens with zero attached hydrogens (tertiary/aromatic N) is 4. The summed E-state index contributed by atoms with van der Waals surface area (Å²) < 4.78 is 15.8. The van der Waals surface area contributed by atoms with Crippen LogP contribution in [0, 0.1) is 5.82 Å². The van der Waals surface area contributed by atoms with E-state index < -0.39 is 0 Å². The molecule has 2 aliphatic heterocycles. The molecule has 5 heteroatoms. The molecule has 1 aromatic heterocycles. The topological polar surface area (TPSA) is 34.0 Å². The maximum atomic E-state index is 13.4. The molecule has 0 saturated carbocycles. The van der Waals surface area contributed by atoms with Gasteiger partial charge in [-0.1, -0.05) is 12.1 Å². The number of halogens is 1. The first-order valence-corrected chi connectivity index (χ1v) is 8.64. The number of aromatic nitrogens is 3. The molecule has 4 nitrogen and oxygen atoms in total. The van der Waals surface area contributed by atoms with Crippen molar-refractivity contribution in [1.82, 2.24) is 19.7 Å². The van der Waals surface area contributed by atoms with Crippen LogP contribution in [0.4, 0.5) is 4.39 Å². The molecule has 1 aromatic carbocycles. The molecular weight excluding hydrogens is 291 g/mol. The fourth-order valence-electron chi connectivity index (χ4n) is 4.00.